The van der Waals surface area contributed by atoms with Gasteiger partial charge in [-0.15, -0.1) is 0 Å². The minimum atomic E-state index is 0.294. The Labute approximate surface area is 121 Å². The first kappa shape index (κ1) is 13.8. The smallest absolute Gasteiger partial charge is 0.133 e. The molecule has 4 heteroatoms. The Morgan fingerprint density at radius 2 is 2.25 bits per heavy atom. The summed E-state index contributed by atoms with van der Waals surface area (Å²) in [6.45, 7) is 2.32. The Kier molecular flexibility index (Phi) is 4.53. The summed E-state index contributed by atoms with van der Waals surface area (Å²) >= 11 is 0. The molecule has 1 saturated carbocycles. The molecule has 1 aliphatic heterocycles. The van der Waals surface area contributed by atoms with Crippen molar-refractivity contribution in [3.8, 4) is 0 Å². The molecule has 4 nitrogen and oxygen atoms in total. The van der Waals surface area contributed by atoms with E-state index in [1.165, 1.54) is 31.2 Å². The van der Waals surface area contributed by atoms with E-state index in [0.29, 0.717) is 12.6 Å². The standard InChI is InChI=1S/C16H25N3O/c20-11-3-6-15-5-2-10-19(15)16-13(4-1-9-17-16)12-18-14-7-8-14/h1,4,9,14-15,18,20H,2-3,5-8,10-12H2. The summed E-state index contributed by atoms with van der Waals surface area (Å²) in [5.74, 6) is 1.15. The van der Waals surface area contributed by atoms with Crippen molar-refractivity contribution in [1.29, 1.82) is 0 Å². The van der Waals surface area contributed by atoms with Gasteiger partial charge in [0, 0.05) is 43.5 Å². The zero-order valence-electron chi connectivity index (χ0n) is 12.1. The average Bonchev–Trinajstić information content (AvgIpc) is 3.20. The van der Waals surface area contributed by atoms with Gasteiger partial charge in [0.05, 0.1) is 0 Å². The molecule has 1 aromatic heterocycles. The number of pyridine rings is 1. The van der Waals surface area contributed by atoms with Crippen molar-refractivity contribution < 1.29 is 5.11 Å². The van der Waals surface area contributed by atoms with Crippen molar-refractivity contribution in [2.24, 2.45) is 0 Å². The number of aliphatic hydroxyl groups is 1. The molecule has 0 spiro atoms. The van der Waals surface area contributed by atoms with E-state index >= 15 is 0 Å². The second kappa shape index (κ2) is 6.55. The monoisotopic (exact) mass is 275 g/mol. The number of nitrogens with zero attached hydrogens (tertiary/aromatic N) is 2. The van der Waals surface area contributed by atoms with E-state index in [1.807, 2.05) is 12.3 Å². The fraction of sp³-hybridized carbons (Fsp3) is 0.688. The molecule has 3 rings (SSSR count). The van der Waals surface area contributed by atoms with Gasteiger partial charge in [0.2, 0.25) is 0 Å². The zero-order chi connectivity index (χ0) is 13.8. The quantitative estimate of drug-likeness (QED) is 0.800. The Morgan fingerprint density at radius 3 is 3.05 bits per heavy atom. The molecule has 1 aromatic rings. The molecule has 0 amide bonds. The predicted molar refractivity (Wildman–Crippen MR) is 80.8 cm³/mol. The normalized spacial score (nSPS) is 22.4. The van der Waals surface area contributed by atoms with Crippen LogP contribution in [0.3, 0.4) is 0 Å². The maximum atomic E-state index is 9.05. The lowest BCUT2D eigenvalue weighted by Crippen LogP contribution is -2.31. The molecular weight excluding hydrogens is 250 g/mol. The summed E-state index contributed by atoms with van der Waals surface area (Å²) in [5.41, 5.74) is 1.32. The lowest BCUT2D eigenvalue weighted by molar-refractivity contribution is 0.279. The molecule has 110 valence electrons. The Hall–Kier alpha value is -1.13. The molecular formula is C16H25N3O. The number of aliphatic hydroxyl groups excluding tert-OH is 1. The van der Waals surface area contributed by atoms with Gasteiger partial charge < -0.3 is 15.3 Å². The first-order valence-electron chi connectivity index (χ1n) is 7.93. The van der Waals surface area contributed by atoms with Crippen LogP contribution in [0.4, 0.5) is 5.82 Å². The number of nitrogens with one attached hydrogen (secondary N) is 1. The van der Waals surface area contributed by atoms with Crippen LogP contribution in [-0.2, 0) is 6.54 Å². The highest BCUT2D eigenvalue weighted by Gasteiger charge is 2.27. The summed E-state index contributed by atoms with van der Waals surface area (Å²) < 4.78 is 0. The minimum Gasteiger partial charge on any atom is -0.396 e. The van der Waals surface area contributed by atoms with Crippen LogP contribution in [0.25, 0.3) is 0 Å². The van der Waals surface area contributed by atoms with E-state index in [1.54, 1.807) is 0 Å². The molecule has 1 atom stereocenters. The van der Waals surface area contributed by atoms with Crippen LogP contribution < -0.4 is 10.2 Å². The minimum absolute atomic E-state index is 0.294. The van der Waals surface area contributed by atoms with E-state index in [0.717, 1.165) is 37.8 Å². The van der Waals surface area contributed by atoms with E-state index in [-0.39, 0.29) is 0 Å². The number of anilines is 1. The van der Waals surface area contributed by atoms with Crippen molar-refractivity contribution in [3.05, 3.63) is 23.9 Å². The van der Waals surface area contributed by atoms with Gasteiger partial charge in [-0.25, -0.2) is 4.98 Å². The van der Waals surface area contributed by atoms with Gasteiger partial charge in [-0.3, -0.25) is 0 Å². The Balaban J connectivity index is 1.70. The Bertz CT molecular complexity index is 433. The molecule has 0 aromatic carbocycles. The van der Waals surface area contributed by atoms with E-state index < -0.39 is 0 Å². The van der Waals surface area contributed by atoms with Crippen LogP contribution in [0.2, 0.25) is 0 Å². The van der Waals surface area contributed by atoms with E-state index in [4.69, 9.17) is 5.11 Å². The molecule has 1 aliphatic carbocycles. The summed E-state index contributed by atoms with van der Waals surface area (Å²) in [6.07, 6.45) is 8.97. The third kappa shape index (κ3) is 3.30. The lowest BCUT2D eigenvalue weighted by Gasteiger charge is -2.27. The Morgan fingerprint density at radius 1 is 1.35 bits per heavy atom. The highest BCUT2D eigenvalue weighted by atomic mass is 16.2. The van der Waals surface area contributed by atoms with Crippen molar-refractivity contribution in [2.75, 3.05) is 18.1 Å². The van der Waals surface area contributed by atoms with Gasteiger partial charge in [0.1, 0.15) is 5.82 Å². The lowest BCUT2D eigenvalue weighted by atomic mass is 10.1. The topological polar surface area (TPSA) is 48.4 Å². The van der Waals surface area contributed by atoms with Crippen LogP contribution in [0.1, 0.15) is 44.1 Å². The maximum Gasteiger partial charge on any atom is 0.133 e. The van der Waals surface area contributed by atoms with Crippen LogP contribution >= 0.6 is 0 Å². The molecule has 0 radical (unpaired) electrons. The van der Waals surface area contributed by atoms with Gasteiger partial charge in [-0.2, -0.15) is 0 Å². The van der Waals surface area contributed by atoms with Crippen LogP contribution in [-0.4, -0.2) is 35.3 Å². The fourth-order valence-corrected chi connectivity index (χ4v) is 3.11. The molecule has 2 N–H and O–H groups in total. The van der Waals surface area contributed by atoms with E-state index in [9.17, 15) is 0 Å². The fourth-order valence-electron chi connectivity index (χ4n) is 3.11. The van der Waals surface area contributed by atoms with Crippen molar-refractivity contribution >= 4 is 5.82 Å². The van der Waals surface area contributed by atoms with Crippen molar-refractivity contribution in [3.63, 3.8) is 0 Å². The first-order valence-corrected chi connectivity index (χ1v) is 7.93. The molecule has 1 saturated heterocycles. The molecule has 1 unspecified atom stereocenters. The van der Waals surface area contributed by atoms with Crippen LogP contribution in [0.15, 0.2) is 18.3 Å². The highest BCUT2D eigenvalue weighted by molar-refractivity contribution is 5.48. The maximum absolute atomic E-state index is 9.05. The SMILES string of the molecule is OCCCC1CCCN1c1ncccc1CNC1CC1. The van der Waals surface area contributed by atoms with Gasteiger partial charge in [0.25, 0.3) is 0 Å². The summed E-state index contributed by atoms with van der Waals surface area (Å²) in [7, 11) is 0. The second-order valence-electron chi connectivity index (χ2n) is 6.00. The number of hydrogen-bond donors (Lipinski definition) is 2. The van der Waals surface area contributed by atoms with E-state index in [2.05, 4.69) is 21.3 Å². The van der Waals surface area contributed by atoms with Gasteiger partial charge in [-0.1, -0.05) is 6.07 Å². The average molecular weight is 275 g/mol. The molecule has 2 fully saturated rings. The molecule has 0 bridgehead atoms. The highest BCUT2D eigenvalue weighted by Crippen LogP contribution is 2.29. The van der Waals surface area contributed by atoms with Gasteiger partial charge in [-0.05, 0) is 44.6 Å². The van der Waals surface area contributed by atoms with Crippen LogP contribution in [0.5, 0.6) is 0 Å². The van der Waals surface area contributed by atoms with Crippen molar-refractivity contribution in [1.82, 2.24) is 10.3 Å². The van der Waals surface area contributed by atoms with Gasteiger partial charge >= 0.3 is 0 Å². The second-order valence-corrected chi connectivity index (χ2v) is 6.00. The summed E-state index contributed by atoms with van der Waals surface area (Å²) in [6, 6.07) is 5.51. The summed E-state index contributed by atoms with van der Waals surface area (Å²) in [5, 5.41) is 12.6. The first-order chi connectivity index (χ1) is 9.88. The molecule has 2 aliphatic rings. The molecule has 20 heavy (non-hydrogen) atoms. The zero-order valence-corrected chi connectivity index (χ0v) is 12.1. The summed E-state index contributed by atoms with van der Waals surface area (Å²) in [4.78, 5) is 7.10. The predicted octanol–water partition coefficient (Wildman–Crippen LogP) is 2.07. The van der Waals surface area contributed by atoms with Gasteiger partial charge in [0.15, 0.2) is 0 Å². The number of aromatic nitrogens is 1. The molecule has 2 heterocycles. The van der Waals surface area contributed by atoms with Crippen LogP contribution in [0, 0.1) is 0 Å². The largest absolute Gasteiger partial charge is 0.396 e. The third-order valence-corrected chi connectivity index (χ3v) is 4.37. The third-order valence-electron chi connectivity index (χ3n) is 4.37. The van der Waals surface area contributed by atoms with Crippen molar-refractivity contribution in [2.45, 2.75) is 57.2 Å². The number of rotatable bonds is 7. The number of hydrogen-bond acceptors (Lipinski definition) is 4.